The molecule has 2 radical (unpaired) electrons. The topological polar surface area (TPSA) is 54.5 Å². The number of nitrogens with zero attached hydrogens (tertiary/aromatic N) is 1. The molecule has 4 nitrogen and oxygen atoms in total. The molecule has 1 fully saturated rings. The molecule has 6 heteroatoms. The quantitative estimate of drug-likeness (QED) is 0.500. The van der Waals surface area contributed by atoms with Crippen LogP contribution < -0.4 is 4.90 Å². The van der Waals surface area contributed by atoms with Gasteiger partial charge in [0.05, 0.1) is 16.6 Å². The molecule has 1 aromatic rings. The third-order valence-electron chi connectivity index (χ3n) is 5.28. The Bertz CT molecular complexity index is 717. The van der Waals surface area contributed by atoms with E-state index in [0.717, 1.165) is 12.0 Å². The van der Waals surface area contributed by atoms with Crippen molar-refractivity contribution in [3.05, 3.63) is 29.8 Å². The first kappa shape index (κ1) is 21.7. The number of amides is 2. The van der Waals surface area contributed by atoms with Crippen molar-refractivity contribution in [3.63, 3.8) is 0 Å². The Hall–Kier alpha value is -1.56. The number of carbonyl (C=O) groups excluding carboxylic acids is 3. The Labute approximate surface area is 167 Å². The molecule has 1 aliphatic heterocycles. The van der Waals surface area contributed by atoms with Gasteiger partial charge in [0.1, 0.15) is 0 Å². The third-order valence-corrected chi connectivity index (χ3v) is 6.78. The SMILES string of the molecule is [B]C(=O)C(C)(C)CC(C)c1ccc(N2C(=O)CC(SC(C)CC)C2=O)cc1. The second kappa shape index (κ2) is 8.64. The molecule has 144 valence electrons. The standard InChI is InChI=1S/C21H28BNO3S/c1-6-14(3)27-17-11-18(24)23(19(17)25)16-9-7-15(8-10-16)13(2)12-21(4,5)20(22)26/h7-10,13-14,17H,6,11-12H2,1-5H3. The van der Waals surface area contributed by atoms with Crippen LogP contribution in [0.3, 0.4) is 0 Å². The van der Waals surface area contributed by atoms with Crippen molar-refractivity contribution >= 4 is 42.8 Å². The average Bonchev–Trinajstić information content (AvgIpc) is 2.88. The fourth-order valence-corrected chi connectivity index (χ4v) is 4.51. The van der Waals surface area contributed by atoms with Crippen LogP contribution in [-0.4, -0.2) is 35.8 Å². The van der Waals surface area contributed by atoms with Gasteiger partial charge in [-0.05, 0) is 36.5 Å². The Morgan fingerprint density at radius 1 is 1.26 bits per heavy atom. The highest BCUT2D eigenvalue weighted by molar-refractivity contribution is 8.01. The Kier molecular flexibility index (Phi) is 6.95. The molecule has 0 N–H and O–H groups in total. The van der Waals surface area contributed by atoms with Crippen LogP contribution >= 0.6 is 11.8 Å². The van der Waals surface area contributed by atoms with Gasteiger partial charge in [-0.1, -0.05) is 46.8 Å². The van der Waals surface area contributed by atoms with Crippen molar-refractivity contribution < 1.29 is 14.4 Å². The van der Waals surface area contributed by atoms with E-state index in [2.05, 4.69) is 13.8 Å². The summed E-state index contributed by atoms with van der Waals surface area (Å²) in [5.41, 5.74) is 0.767. The van der Waals surface area contributed by atoms with Crippen LogP contribution in [0, 0.1) is 5.41 Å². The summed E-state index contributed by atoms with van der Waals surface area (Å²) in [6, 6.07) is 7.48. The molecule has 1 aliphatic rings. The van der Waals surface area contributed by atoms with Crippen molar-refractivity contribution in [2.24, 2.45) is 5.41 Å². The van der Waals surface area contributed by atoms with Crippen LogP contribution in [0.2, 0.25) is 0 Å². The highest BCUT2D eigenvalue weighted by atomic mass is 32.2. The highest BCUT2D eigenvalue weighted by Gasteiger charge is 2.40. The predicted molar refractivity (Wildman–Crippen MR) is 112 cm³/mol. The minimum atomic E-state index is -0.584. The van der Waals surface area contributed by atoms with E-state index in [1.807, 2.05) is 45.0 Å². The van der Waals surface area contributed by atoms with Gasteiger partial charge in [-0.15, -0.1) is 11.8 Å². The lowest BCUT2D eigenvalue weighted by molar-refractivity contribution is -0.121. The summed E-state index contributed by atoms with van der Waals surface area (Å²) in [7, 11) is 5.47. The van der Waals surface area contributed by atoms with Gasteiger partial charge in [-0.2, -0.15) is 0 Å². The van der Waals surface area contributed by atoms with Crippen LogP contribution in [0.5, 0.6) is 0 Å². The number of carbonyl (C=O) groups is 3. The Balaban J connectivity index is 2.11. The molecular formula is C21H28BNO3S. The maximum atomic E-state index is 12.7. The summed E-state index contributed by atoms with van der Waals surface area (Å²) in [6.45, 7) is 9.89. The second-order valence-corrected chi connectivity index (χ2v) is 9.71. The lowest BCUT2D eigenvalue weighted by atomic mass is 9.71. The number of hydrogen-bond acceptors (Lipinski definition) is 4. The number of thioether (sulfide) groups is 1. The van der Waals surface area contributed by atoms with Gasteiger partial charge in [0.25, 0.3) is 0 Å². The van der Waals surface area contributed by atoms with Gasteiger partial charge in [0.15, 0.2) is 7.85 Å². The molecule has 0 saturated carbocycles. The third kappa shape index (κ3) is 5.04. The van der Waals surface area contributed by atoms with E-state index in [9.17, 15) is 14.4 Å². The summed E-state index contributed by atoms with van der Waals surface area (Å²) in [6.07, 6.45) is 1.87. The van der Waals surface area contributed by atoms with Gasteiger partial charge >= 0.3 is 0 Å². The minimum absolute atomic E-state index is 0.124. The molecule has 1 heterocycles. The maximum Gasteiger partial charge on any atom is 0.247 e. The van der Waals surface area contributed by atoms with E-state index < -0.39 is 5.41 Å². The zero-order chi connectivity index (χ0) is 20.4. The summed E-state index contributed by atoms with van der Waals surface area (Å²) < 4.78 is 0. The molecule has 1 aromatic carbocycles. The normalized spacial score (nSPS) is 20.0. The second-order valence-electron chi connectivity index (χ2n) is 8.06. The monoisotopic (exact) mass is 385 g/mol. The molecular weight excluding hydrogens is 357 g/mol. The average molecular weight is 385 g/mol. The first-order valence-electron chi connectivity index (χ1n) is 9.49. The molecule has 0 aliphatic carbocycles. The Morgan fingerprint density at radius 2 is 1.85 bits per heavy atom. The van der Waals surface area contributed by atoms with Crippen molar-refractivity contribution in [1.29, 1.82) is 0 Å². The fraction of sp³-hybridized carbons (Fsp3) is 0.571. The van der Waals surface area contributed by atoms with Crippen LogP contribution in [0.4, 0.5) is 5.69 Å². The van der Waals surface area contributed by atoms with Crippen LogP contribution in [0.1, 0.15) is 65.4 Å². The van der Waals surface area contributed by atoms with Crippen LogP contribution in [-0.2, 0) is 14.4 Å². The highest BCUT2D eigenvalue weighted by Crippen LogP contribution is 2.35. The minimum Gasteiger partial charge on any atom is -0.312 e. The van der Waals surface area contributed by atoms with Crippen molar-refractivity contribution in [2.45, 2.75) is 70.3 Å². The van der Waals surface area contributed by atoms with Gasteiger partial charge in [0, 0.05) is 17.1 Å². The van der Waals surface area contributed by atoms with Crippen molar-refractivity contribution in [2.75, 3.05) is 4.90 Å². The molecule has 27 heavy (non-hydrogen) atoms. The summed E-state index contributed by atoms with van der Waals surface area (Å²) in [5, 5.41) is 0.0611. The van der Waals surface area contributed by atoms with Gasteiger partial charge in [0.2, 0.25) is 11.8 Å². The number of benzene rings is 1. The van der Waals surface area contributed by atoms with E-state index in [1.54, 1.807) is 11.8 Å². The van der Waals surface area contributed by atoms with Gasteiger partial charge in [-0.3, -0.25) is 9.59 Å². The molecule has 3 atom stereocenters. The molecule has 2 amide bonds. The van der Waals surface area contributed by atoms with Crippen molar-refractivity contribution in [1.82, 2.24) is 0 Å². The van der Waals surface area contributed by atoms with E-state index in [0.29, 0.717) is 17.4 Å². The molecule has 1 saturated heterocycles. The summed E-state index contributed by atoms with van der Waals surface area (Å²) >= 11 is 1.58. The van der Waals surface area contributed by atoms with Crippen LogP contribution in [0.25, 0.3) is 0 Å². The Morgan fingerprint density at radius 3 is 2.37 bits per heavy atom. The fourth-order valence-electron chi connectivity index (χ4n) is 3.29. The van der Waals surface area contributed by atoms with E-state index in [1.165, 1.54) is 4.90 Å². The zero-order valence-corrected chi connectivity index (χ0v) is 17.6. The molecule has 0 bridgehead atoms. The zero-order valence-electron chi connectivity index (χ0n) is 16.8. The largest absolute Gasteiger partial charge is 0.312 e. The van der Waals surface area contributed by atoms with Gasteiger partial charge < -0.3 is 4.79 Å². The smallest absolute Gasteiger partial charge is 0.247 e. The number of anilines is 1. The molecule has 0 aromatic heterocycles. The van der Waals surface area contributed by atoms with E-state index in [4.69, 9.17) is 7.85 Å². The molecule has 2 rings (SSSR count). The van der Waals surface area contributed by atoms with Crippen molar-refractivity contribution in [3.8, 4) is 0 Å². The summed E-state index contributed by atoms with van der Waals surface area (Å²) in [4.78, 5) is 37.9. The number of rotatable bonds is 8. The lowest BCUT2D eigenvalue weighted by Gasteiger charge is -2.26. The first-order chi connectivity index (χ1) is 12.6. The van der Waals surface area contributed by atoms with E-state index >= 15 is 0 Å². The number of imide groups is 1. The van der Waals surface area contributed by atoms with Crippen LogP contribution in [0.15, 0.2) is 24.3 Å². The van der Waals surface area contributed by atoms with E-state index in [-0.39, 0.29) is 35.1 Å². The predicted octanol–water partition coefficient (Wildman–Crippen LogP) is 4.07. The number of hydrogen-bond donors (Lipinski definition) is 0. The maximum absolute atomic E-state index is 12.7. The summed E-state index contributed by atoms with van der Waals surface area (Å²) in [5.74, 6) is -0.127. The van der Waals surface area contributed by atoms with Gasteiger partial charge in [-0.25, -0.2) is 4.90 Å². The first-order valence-corrected chi connectivity index (χ1v) is 10.4. The lowest BCUT2D eigenvalue weighted by Crippen LogP contribution is -2.31. The molecule has 3 unspecified atom stereocenters. The molecule has 0 spiro atoms.